The number of hydrogen-bond donors (Lipinski definition) is 0. The lowest BCUT2D eigenvalue weighted by molar-refractivity contribution is 0.257. The highest BCUT2D eigenvalue weighted by atomic mass is 16.5. The maximum absolute atomic E-state index is 13.4. The summed E-state index contributed by atoms with van der Waals surface area (Å²) in [5.41, 5.74) is 3.95. The molecule has 3 aromatic carbocycles. The van der Waals surface area contributed by atoms with Gasteiger partial charge >= 0.3 is 11.5 Å². The molecule has 5 rings (SSSR count). The van der Waals surface area contributed by atoms with Crippen LogP contribution in [0, 0.1) is 25.2 Å². The van der Waals surface area contributed by atoms with Crippen LogP contribution in [-0.4, -0.2) is 0 Å². The van der Waals surface area contributed by atoms with Crippen molar-refractivity contribution in [2.75, 3.05) is 0 Å². The van der Waals surface area contributed by atoms with Gasteiger partial charge in [0.2, 0.25) is 10.9 Å². The van der Waals surface area contributed by atoms with Gasteiger partial charge in [0.15, 0.2) is 0 Å². The van der Waals surface area contributed by atoms with Crippen molar-refractivity contribution >= 4 is 17.9 Å². The zero-order chi connectivity index (χ0) is 30.4. The number of ether oxygens (including phenoxy) is 1. The van der Waals surface area contributed by atoms with Crippen molar-refractivity contribution in [3.63, 3.8) is 0 Å². The molecule has 0 radical (unpaired) electrons. The first-order valence-corrected chi connectivity index (χ1v) is 14.5. The standard InChI is InChI=1S/C38H39O4/c1-23-13-9-11-15-27(23)31-19-25(21-33(41-31)37(3,4)5)17-29-35(39)30(36(29)40)18-26-20-32(28-16-12-10-14-24(28)2)42-34(22-26)38(6,7)8/h9-22,25H,1-8H3/q+1. The second kappa shape index (κ2) is 10.8. The lowest BCUT2D eigenvalue weighted by Crippen LogP contribution is -2.64. The smallest absolute Gasteiger partial charge is 0.361 e. The number of benzene rings is 2. The average Bonchev–Trinajstić information content (AvgIpc) is 2.93. The van der Waals surface area contributed by atoms with E-state index >= 15 is 0 Å². The normalized spacial score (nSPS) is 15.6. The van der Waals surface area contributed by atoms with Gasteiger partial charge in [0, 0.05) is 23.0 Å². The molecule has 4 nitrogen and oxygen atoms in total. The number of aryl methyl sites for hydroxylation is 2. The van der Waals surface area contributed by atoms with Crippen LogP contribution in [0.2, 0.25) is 0 Å². The molecule has 1 atom stereocenters. The van der Waals surface area contributed by atoms with Crippen molar-refractivity contribution in [3.05, 3.63) is 137 Å². The van der Waals surface area contributed by atoms with E-state index in [0.29, 0.717) is 5.76 Å². The molecule has 1 unspecified atom stereocenters. The molecule has 4 aromatic rings. The molecule has 1 aliphatic rings. The predicted molar refractivity (Wildman–Crippen MR) is 172 cm³/mol. The molecule has 0 bridgehead atoms. The zero-order valence-corrected chi connectivity index (χ0v) is 25.8. The summed E-state index contributed by atoms with van der Waals surface area (Å²) in [6.07, 6.45) is 7.45. The van der Waals surface area contributed by atoms with Gasteiger partial charge in [-0.15, -0.1) is 0 Å². The molecule has 42 heavy (non-hydrogen) atoms. The minimum Gasteiger partial charge on any atom is -0.461 e. The van der Waals surface area contributed by atoms with Crippen molar-refractivity contribution in [2.24, 2.45) is 11.3 Å². The van der Waals surface area contributed by atoms with E-state index in [1.165, 1.54) is 0 Å². The van der Waals surface area contributed by atoms with Gasteiger partial charge in [-0.3, -0.25) is 9.59 Å². The van der Waals surface area contributed by atoms with E-state index in [4.69, 9.17) is 9.15 Å². The summed E-state index contributed by atoms with van der Waals surface area (Å²) in [7, 11) is 0. The molecule has 0 fully saturated rings. The molecule has 0 N–H and O–H groups in total. The van der Waals surface area contributed by atoms with Crippen molar-refractivity contribution < 1.29 is 9.15 Å². The first-order valence-electron chi connectivity index (χ1n) is 14.5. The van der Waals surface area contributed by atoms with E-state index in [9.17, 15) is 9.59 Å². The Morgan fingerprint density at radius 3 is 1.90 bits per heavy atom. The third kappa shape index (κ3) is 5.85. The molecular formula is C38H39O4+. The number of rotatable bonds is 4. The Labute approximate surface area is 247 Å². The van der Waals surface area contributed by atoms with Gasteiger partial charge in [-0.2, -0.15) is 0 Å². The first-order chi connectivity index (χ1) is 19.7. The van der Waals surface area contributed by atoms with Crippen LogP contribution in [0.1, 0.15) is 69.6 Å². The van der Waals surface area contributed by atoms with Crippen LogP contribution in [0.25, 0.3) is 29.2 Å². The Kier molecular flexibility index (Phi) is 7.53. The maximum Gasteiger partial charge on any atom is 0.361 e. The molecule has 1 aliphatic heterocycles. The minimum atomic E-state index is -0.258. The summed E-state index contributed by atoms with van der Waals surface area (Å²) in [6, 6.07) is 19.9. The molecule has 0 spiro atoms. The summed E-state index contributed by atoms with van der Waals surface area (Å²) in [5.74, 6) is 2.79. The second-order valence-electron chi connectivity index (χ2n) is 13.3. The number of hydrogen-bond acceptors (Lipinski definition) is 3. The third-order valence-corrected chi connectivity index (χ3v) is 7.67. The minimum absolute atomic E-state index is 0.193. The summed E-state index contributed by atoms with van der Waals surface area (Å²) in [6.45, 7) is 16.6. The van der Waals surface area contributed by atoms with Gasteiger partial charge in [-0.1, -0.05) is 69.3 Å². The van der Waals surface area contributed by atoms with Crippen LogP contribution in [0.3, 0.4) is 0 Å². The summed E-state index contributed by atoms with van der Waals surface area (Å²) in [5, 5.41) is 0.409. The van der Waals surface area contributed by atoms with Gasteiger partial charge in [0.05, 0.1) is 27.5 Å². The molecule has 214 valence electrons. The van der Waals surface area contributed by atoms with Crippen LogP contribution < -0.4 is 21.3 Å². The molecular weight excluding hydrogens is 520 g/mol. The van der Waals surface area contributed by atoms with E-state index in [1.54, 1.807) is 12.2 Å². The Bertz CT molecular complexity index is 1900. The van der Waals surface area contributed by atoms with Gasteiger partial charge in [0.1, 0.15) is 11.5 Å². The summed E-state index contributed by atoms with van der Waals surface area (Å²) < 4.78 is 12.6. The van der Waals surface area contributed by atoms with E-state index < -0.39 is 0 Å². The number of allylic oxidation sites excluding steroid dienone is 3. The highest BCUT2D eigenvalue weighted by molar-refractivity contribution is 5.68. The molecule has 0 amide bonds. The van der Waals surface area contributed by atoms with Gasteiger partial charge < -0.3 is 4.74 Å². The maximum atomic E-state index is 13.4. The Balaban J connectivity index is 1.60. The van der Waals surface area contributed by atoms with Crippen LogP contribution in [-0.2, 0) is 10.2 Å². The van der Waals surface area contributed by atoms with E-state index in [1.807, 2.05) is 86.7 Å². The van der Waals surface area contributed by atoms with Gasteiger partial charge in [-0.05, 0) is 75.6 Å². The predicted octanol–water partition coefficient (Wildman–Crippen LogP) is 6.96. The van der Waals surface area contributed by atoms with Crippen LogP contribution in [0.5, 0.6) is 0 Å². The SMILES string of the molecule is Cc1ccccc1C1=CC(C=c2c(=O)c(=Cc3cc(-c4ccccc4C)[o+]c(C(C)(C)C)c3)c2=O)C=C(C(C)(C)C)O1. The fourth-order valence-corrected chi connectivity index (χ4v) is 5.11. The Morgan fingerprint density at radius 1 is 0.738 bits per heavy atom. The Hall–Kier alpha value is -4.31. The van der Waals surface area contributed by atoms with Crippen LogP contribution >= 0.6 is 0 Å². The van der Waals surface area contributed by atoms with Crippen molar-refractivity contribution in [3.8, 4) is 11.3 Å². The molecule has 0 aliphatic carbocycles. The summed E-state index contributed by atoms with van der Waals surface area (Å²) in [4.78, 5) is 26.7. The molecule has 2 heterocycles. The fourth-order valence-electron chi connectivity index (χ4n) is 5.11. The van der Waals surface area contributed by atoms with E-state index in [0.717, 1.165) is 45.1 Å². The van der Waals surface area contributed by atoms with Gasteiger partial charge in [0.25, 0.3) is 0 Å². The van der Waals surface area contributed by atoms with Crippen molar-refractivity contribution in [1.82, 2.24) is 0 Å². The highest BCUT2D eigenvalue weighted by Gasteiger charge is 2.30. The monoisotopic (exact) mass is 559 g/mol. The lowest BCUT2D eigenvalue weighted by atomic mass is 9.88. The first kappa shape index (κ1) is 29.2. The van der Waals surface area contributed by atoms with Crippen molar-refractivity contribution in [2.45, 2.75) is 60.8 Å². The average molecular weight is 560 g/mol. The highest BCUT2D eigenvalue weighted by Crippen LogP contribution is 2.37. The quantitative estimate of drug-likeness (QED) is 0.254. The van der Waals surface area contributed by atoms with Crippen LogP contribution in [0.15, 0.2) is 92.6 Å². The van der Waals surface area contributed by atoms with Crippen molar-refractivity contribution in [1.29, 1.82) is 0 Å². The lowest BCUT2D eigenvalue weighted by Gasteiger charge is -2.29. The molecule has 0 saturated heterocycles. The second-order valence-corrected chi connectivity index (χ2v) is 13.3. The zero-order valence-electron chi connectivity index (χ0n) is 25.8. The van der Waals surface area contributed by atoms with Gasteiger partial charge in [-0.25, -0.2) is 4.42 Å². The third-order valence-electron chi connectivity index (χ3n) is 7.67. The molecule has 4 heteroatoms. The fraction of sp³-hybridized carbons (Fsp3) is 0.289. The summed E-state index contributed by atoms with van der Waals surface area (Å²) >= 11 is 0. The van der Waals surface area contributed by atoms with Crippen LogP contribution in [0.4, 0.5) is 0 Å². The van der Waals surface area contributed by atoms with E-state index in [2.05, 4.69) is 41.5 Å². The molecule has 0 saturated carbocycles. The molecule has 1 aromatic heterocycles. The Morgan fingerprint density at radius 2 is 1.33 bits per heavy atom. The topological polar surface area (TPSA) is 54.7 Å². The van der Waals surface area contributed by atoms with E-state index in [-0.39, 0.29) is 38.0 Å². The largest absolute Gasteiger partial charge is 0.461 e.